The number of aromatic nitrogens is 2. The topological polar surface area (TPSA) is 25.8 Å². The van der Waals surface area contributed by atoms with Crippen molar-refractivity contribution in [1.29, 1.82) is 0 Å². The van der Waals surface area contributed by atoms with Gasteiger partial charge in [0, 0.05) is 5.22 Å². The molecule has 0 N–H and O–H groups in total. The average molecular weight is 194 g/mol. The Balaban J connectivity index is 3.44. The smallest absolute Gasteiger partial charge is 0.139 e. The van der Waals surface area contributed by atoms with Crippen molar-refractivity contribution >= 4 is 31.6 Å². The van der Waals surface area contributed by atoms with Crippen molar-refractivity contribution in [2.45, 2.75) is 19.7 Å². The molecule has 0 amide bonds. The van der Waals surface area contributed by atoms with E-state index in [1.54, 1.807) is 0 Å². The van der Waals surface area contributed by atoms with Crippen LogP contribution in [-0.2, 0) is 0 Å². The minimum absolute atomic E-state index is 0.538. The highest BCUT2D eigenvalue weighted by Crippen LogP contribution is 1.90. The zero-order valence-electron chi connectivity index (χ0n) is 7.92. The molecule has 1 rings (SSSR count). The highest BCUT2D eigenvalue weighted by Gasteiger charge is 1.93. The van der Waals surface area contributed by atoms with Crippen LogP contribution in [0.5, 0.6) is 0 Å². The van der Waals surface area contributed by atoms with Crippen molar-refractivity contribution in [1.82, 2.24) is 9.97 Å². The number of hydrogen-bond donors (Lipinski definition) is 0. The van der Waals surface area contributed by atoms with E-state index in [1.165, 1.54) is 6.33 Å². The minimum Gasteiger partial charge on any atom is -0.237 e. The van der Waals surface area contributed by atoms with E-state index < -0.39 is 0 Å². The minimum atomic E-state index is 0.538. The van der Waals surface area contributed by atoms with Crippen molar-refractivity contribution in [2.75, 3.05) is 0 Å². The van der Waals surface area contributed by atoms with Crippen LogP contribution < -0.4 is 10.6 Å². The lowest BCUT2D eigenvalue weighted by Crippen LogP contribution is -2.29. The zero-order valence-corrected chi connectivity index (χ0v) is 8.67. The zero-order chi connectivity index (χ0) is 9.68. The highest BCUT2D eigenvalue weighted by atomic mass is 35.5. The van der Waals surface area contributed by atoms with E-state index in [-0.39, 0.29) is 0 Å². The van der Waals surface area contributed by atoms with E-state index in [4.69, 9.17) is 11.6 Å². The third-order valence-corrected chi connectivity index (χ3v) is 1.97. The first-order valence-electron chi connectivity index (χ1n) is 4.46. The molecule has 1 heterocycles. The van der Waals surface area contributed by atoms with Crippen LogP contribution in [0.2, 0.25) is 11.5 Å². The molecule has 4 heteroatoms. The van der Waals surface area contributed by atoms with Crippen LogP contribution in [0.25, 0.3) is 12.2 Å². The molecule has 0 aliphatic rings. The second-order valence-electron chi connectivity index (χ2n) is 2.69. The Morgan fingerprint density at radius 2 is 2.23 bits per heavy atom. The summed E-state index contributed by atoms with van der Waals surface area (Å²) in [6.07, 6.45) is 7.49. The van der Waals surface area contributed by atoms with Gasteiger partial charge >= 0.3 is 0 Å². The second kappa shape index (κ2) is 5.02. The summed E-state index contributed by atoms with van der Waals surface area (Å²) in [6.45, 7) is 2.08. The molecule has 0 bridgehead atoms. The molecule has 68 valence electrons. The summed E-state index contributed by atoms with van der Waals surface area (Å²) in [5.74, 6) is 0. The van der Waals surface area contributed by atoms with Gasteiger partial charge in [-0.05, 0) is 6.42 Å². The summed E-state index contributed by atoms with van der Waals surface area (Å²) in [5.41, 5.74) is 0. The molecule has 0 unspecified atom stereocenters. The lowest BCUT2D eigenvalue weighted by atomic mass is 10.0. The maximum absolute atomic E-state index is 5.94. The van der Waals surface area contributed by atoms with E-state index in [0.717, 1.165) is 23.3 Å². The molecule has 2 nitrogen and oxygen atoms in total. The summed E-state index contributed by atoms with van der Waals surface area (Å²) in [4.78, 5) is 8.11. The summed E-state index contributed by atoms with van der Waals surface area (Å²) in [7, 11) is 2.07. The first-order chi connectivity index (χ1) is 6.29. The Hall–Kier alpha value is -0.825. The molecule has 1 aromatic heterocycles. The molecule has 0 fully saturated rings. The van der Waals surface area contributed by atoms with Gasteiger partial charge in [0.1, 0.15) is 19.3 Å². The van der Waals surface area contributed by atoms with Crippen LogP contribution >= 0.6 is 11.6 Å². The molecule has 0 spiro atoms. The number of nitrogens with zero attached hydrogens (tertiary/aromatic N) is 2. The Labute approximate surface area is 83.8 Å². The van der Waals surface area contributed by atoms with E-state index >= 15 is 0 Å². The third-order valence-electron chi connectivity index (χ3n) is 1.67. The van der Waals surface area contributed by atoms with Crippen molar-refractivity contribution in [2.24, 2.45) is 0 Å². The predicted molar refractivity (Wildman–Crippen MR) is 58.9 cm³/mol. The van der Waals surface area contributed by atoms with E-state index in [0.29, 0.717) is 5.15 Å². The number of halogens is 1. The SMILES string of the molecule is BC/C=c1/c(Cl)ncn/c1=C/CC. The van der Waals surface area contributed by atoms with Gasteiger partial charge in [-0.2, -0.15) is 0 Å². The standard InChI is InChI=1S/C9H12BClN2/c1-2-3-8-7(4-5-10)9(11)13-6-12-8/h3-4,6H,2,5,10H2,1H3/b7-4+,8-3+. The van der Waals surface area contributed by atoms with Gasteiger partial charge in [-0.1, -0.05) is 37.0 Å². The van der Waals surface area contributed by atoms with Gasteiger partial charge in [-0.15, -0.1) is 0 Å². The first-order valence-corrected chi connectivity index (χ1v) is 4.84. The van der Waals surface area contributed by atoms with Crippen molar-refractivity contribution in [3.63, 3.8) is 0 Å². The van der Waals surface area contributed by atoms with Gasteiger partial charge in [-0.25, -0.2) is 9.97 Å². The molecule has 0 saturated carbocycles. The van der Waals surface area contributed by atoms with Crippen molar-refractivity contribution < 1.29 is 0 Å². The molecule has 0 aromatic carbocycles. The van der Waals surface area contributed by atoms with Gasteiger partial charge in [0.15, 0.2) is 0 Å². The molecule has 1 aromatic rings. The molecular formula is C9H12BClN2. The van der Waals surface area contributed by atoms with Crippen LogP contribution in [0.1, 0.15) is 13.3 Å². The number of hydrogen-bond acceptors (Lipinski definition) is 2. The van der Waals surface area contributed by atoms with Crippen LogP contribution in [0, 0.1) is 0 Å². The van der Waals surface area contributed by atoms with Crippen LogP contribution in [-0.4, -0.2) is 17.8 Å². The normalized spacial score (nSPS) is 13.7. The molecular weight excluding hydrogens is 182 g/mol. The third kappa shape index (κ3) is 2.56. The van der Waals surface area contributed by atoms with Crippen LogP contribution in [0.15, 0.2) is 6.33 Å². The van der Waals surface area contributed by atoms with Crippen molar-refractivity contribution in [3.05, 3.63) is 22.0 Å². The largest absolute Gasteiger partial charge is 0.237 e. The Morgan fingerprint density at radius 3 is 2.85 bits per heavy atom. The van der Waals surface area contributed by atoms with Crippen LogP contribution in [0.3, 0.4) is 0 Å². The Morgan fingerprint density at radius 1 is 1.46 bits per heavy atom. The predicted octanol–water partition coefficient (Wildman–Crippen LogP) is 0.152. The lowest BCUT2D eigenvalue weighted by molar-refractivity contribution is 1.09. The average Bonchev–Trinajstić information content (AvgIpc) is 2.11. The maximum Gasteiger partial charge on any atom is 0.139 e. The molecule has 0 radical (unpaired) electrons. The maximum atomic E-state index is 5.94. The monoisotopic (exact) mass is 194 g/mol. The molecule has 13 heavy (non-hydrogen) atoms. The van der Waals surface area contributed by atoms with Gasteiger partial charge in [0.05, 0.1) is 5.35 Å². The van der Waals surface area contributed by atoms with Crippen LogP contribution in [0.4, 0.5) is 0 Å². The van der Waals surface area contributed by atoms with Gasteiger partial charge in [-0.3, -0.25) is 0 Å². The van der Waals surface area contributed by atoms with Gasteiger partial charge < -0.3 is 0 Å². The van der Waals surface area contributed by atoms with Gasteiger partial charge in [0.2, 0.25) is 0 Å². The molecule has 0 atom stereocenters. The van der Waals surface area contributed by atoms with Crippen molar-refractivity contribution in [3.8, 4) is 0 Å². The summed E-state index contributed by atoms with van der Waals surface area (Å²) in [6, 6.07) is 0. The highest BCUT2D eigenvalue weighted by molar-refractivity contribution is 6.29. The fourth-order valence-corrected chi connectivity index (χ4v) is 1.35. The van der Waals surface area contributed by atoms with E-state index in [1.807, 2.05) is 6.08 Å². The number of rotatable bonds is 2. The van der Waals surface area contributed by atoms with Gasteiger partial charge in [0.25, 0.3) is 0 Å². The summed E-state index contributed by atoms with van der Waals surface area (Å²) >= 11 is 5.94. The Kier molecular flexibility index (Phi) is 3.96. The summed E-state index contributed by atoms with van der Waals surface area (Å²) < 4.78 is 0. The Bertz CT molecular complexity index is 389. The quantitative estimate of drug-likeness (QED) is 0.495. The fourth-order valence-electron chi connectivity index (χ4n) is 1.14. The molecule has 0 aliphatic carbocycles. The molecule has 0 saturated heterocycles. The van der Waals surface area contributed by atoms with E-state index in [2.05, 4.69) is 30.8 Å². The van der Waals surface area contributed by atoms with E-state index in [9.17, 15) is 0 Å². The first kappa shape index (κ1) is 10.3. The fraction of sp³-hybridized carbons (Fsp3) is 0.333. The summed E-state index contributed by atoms with van der Waals surface area (Å²) in [5, 5.41) is 2.43. The lowest BCUT2D eigenvalue weighted by Gasteiger charge is -1.92. The molecule has 0 aliphatic heterocycles. The second-order valence-corrected chi connectivity index (χ2v) is 3.05.